The number of nitrogens with zero attached hydrogens (tertiary/aromatic N) is 2. The molecule has 0 aliphatic carbocycles. The van der Waals surface area contributed by atoms with E-state index >= 15 is 0 Å². The number of aromatic nitrogens is 2. The predicted molar refractivity (Wildman–Crippen MR) is 157 cm³/mol. The summed E-state index contributed by atoms with van der Waals surface area (Å²) in [6.07, 6.45) is 3.69. The maximum Gasteiger partial charge on any atom is 0.0485 e. The van der Waals surface area contributed by atoms with Crippen LogP contribution in [0.5, 0.6) is 0 Å². The molecule has 0 spiro atoms. The summed E-state index contributed by atoms with van der Waals surface area (Å²) in [5.41, 5.74) is 8.09. The molecule has 3 nitrogen and oxygen atoms in total. The lowest BCUT2D eigenvalue weighted by Gasteiger charge is -2.25. The molecule has 176 valence electrons. The molecule has 0 bridgehead atoms. The Bertz CT molecular complexity index is 1780. The summed E-state index contributed by atoms with van der Waals surface area (Å²) in [5.74, 6) is 0. The van der Waals surface area contributed by atoms with Crippen LogP contribution in [-0.2, 0) is 0 Å². The average molecular weight is 494 g/mol. The fourth-order valence-electron chi connectivity index (χ4n) is 4.96. The van der Waals surface area contributed by atoms with Crippen LogP contribution in [0.1, 0.15) is 0 Å². The van der Waals surface area contributed by atoms with Crippen molar-refractivity contribution in [1.29, 1.82) is 0 Å². The first-order valence-corrected chi connectivity index (χ1v) is 13.1. The highest BCUT2D eigenvalue weighted by Gasteiger charge is 2.14. The molecule has 4 aromatic carbocycles. The molecule has 4 heteroatoms. The maximum atomic E-state index is 4.14. The van der Waals surface area contributed by atoms with E-state index < -0.39 is 0 Å². The smallest absolute Gasteiger partial charge is 0.0485 e. The second kappa shape index (κ2) is 9.08. The van der Waals surface area contributed by atoms with E-state index in [1.807, 2.05) is 23.7 Å². The van der Waals surface area contributed by atoms with Crippen LogP contribution < -0.4 is 4.90 Å². The van der Waals surface area contributed by atoms with Crippen molar-refractivity contribution >= 4 is 50.2 Å². The number of rotatable bonds is 5. The number of fused-ring (bicyclic) bond motifs is 3. The van der Waals surface area contributed by atoms with Gasteiger partial charge >= 0.3 is 0 Å². The first-order valence-electron chi connectivity index (χ1n) is 12.3. The van der Waals surface area contributed by atoms with Gasteiger partial charge < -0.3 is 9.88 Å². The highest BCUT2D eigenvalue weighted by atomic mass is 32.1. The second-order valence-corrected chi connectivity index (χ2v) is 10.1. The summed E-state index contributed by atoms with van der Waals surface area (Å²) in [6.45, 7) is 0. The van der Waals surface area contributed by atoms with Gasteiger partial charge in [-0.15, -0.1) is 11.3 Å². The largest absolute Gasteiger partial charge is 0.354 e. The summed E-state index contributed by atoms with van der Waals surface area (Å²) < 4.78 is 0. The van der Waals surface area contributed by atoms with Crippen molar-refractivity contribution in [2.75, 3.05) is 4.90 Å². The molecule has 0 fully saturated rings. The van der Waals surface area contributed by atoms with E-state index in [1.165, 1.54) is 31.7 Å². The average Bonchev–Trinajstić information content (AvgIpc) is 3.60. The molecule has 7 rings (SSSR count). The van der Waals surface area contributed by atoms with E-state index in [9.17, 15) is 0 Å². The normalized spacial score (nSPS) is 11.2. The van der Waals surface area contributed by atoms with Crippen molar-refractivity contribution in [2.24, 2.45) is 0 Å². The van der Waals surface area contributed by atoms with Crippen molar-refractivity contribution in [3.63, 3.8) is 0 Å². The fourth-order valence-corrected chi connectivity index (χ4v) is 5.96. The van der Waals surface area contributed by atoms with Gasteiger partial charge in [-0.05, 0) is 77.9 Å². The number of H-pyrrole nitrogens is 1. The lowest BCUT2D eigenvalue weighted by atomic mass is 10.1. The molecule has 0 radical (unpaired) electrons. The minimum atomic E-state index is 1.12. The minimum Gasteiger partial charge on any atom is -0.354 e. The molecule has 0 saturated carbocycles. The second-order valence-electron chi connectivity index (χ2n) is 9.02. The highest BCUT2D eigenvalue weighted by molar-refractivity contribution is 7.18. The molecule has 0 aliphatic heterocycles. The summed E-state index contributed by atoms with van der Waals surface area (Å²) in [5, 5.41) is 2.47. The van der Waals surface area contributed by atoms with E-state index in [4.69, 9.17) is 0 Å². The van der Waals surface area contributed by atoms with Gasteiger partial charge in [0.1, 0.15) is 0 Å². The molecule has 0 aliphatic rings. The van der Waals surface area contributed by atoms with Crippen LogP contribution in [-0.4, -0.2) is 9.97 Å². The Labute approximate surface area is 219 Å². The van der Waals surface area contributed by atoms with Gasteiger partial charge in [0.05, 0.1) is 0 Å². The summed E-state index contributed by atoms with van der Waals surface area (Å²) in [6, 6.07) is 43.0. The Morgan fingerprint density at radius 3 is 1.78 bits per heavy atom. The third kappa shape index (κ3) is 3.98. The van der Waals surface area contributed by atoms with Gasteiger partial charge in [-0.25, -0.2) is 0 Å². The Morgan fingerprint density at radius 1 is 0.514 bits per heavy atom. The molecule has 0 amide bonds. The van der Waals surface area contributed by atoms with Gasteiger partial charge in [0, 0.05) is 61.0 Å². The number of thiophene rings is 1. The molecule has 7 aromatic rings. The van der Waals surface area contributed by atoms with Gasteiger partial charge in [-0.1, -0.05) is 54.6 Å². The van der Waals surface area contributed by atoms with Crippen molar-refractivity contribution in [2.45, 2.75) is 0 Å². The minimum absolute atomic E-state index is 1.12. The highest BCUT2D eigenvalue weighted by Crippen LogP contribution is 2.39. The van der Waals surface area contributed by atoms with E-state index in [1.54, 1.807) is 0 Å². The SMILES string of the molecule is c1ccc(N(c2ccccc2)c2ccc3c(c2)[nH]c2cc(-c4ccc(-c5ccncc5)s4)ccc23)cc1. The van der Waals surface area contributed by atoms with E-state index in [2.05, 4.69) is 136 Å². The van der Waals surface area contributed by atoms with Crippen LogP contribution in [0.25, 0.3) is 42.7 Å². The Morgan fingerprint density at radius 2 is 1.11 bits per heavy atom. The molecule has 3 aromatic heterocycles. The summed E-state index contributed by atoms with van der Waals surface area (Å²) in [4.78, 5) is 12.6. The Balaban J connectivity index is 1.30. The van der Waals surface area contributed by atoms with Crippen molar-refractivity contribution < 1.29 is 0 Å². The van der Waals surface area contributed by atoms with Crippen molar-refractivity contribution in [1.82, 2.24) is 9.97 Å². The van der Waals surface area contributed by atoms with Gasteiger partial charge in [0.25, 0.3) is 0 Å². The van der Waals surface area contributed by atoms with Gasteiger partial charge in [0.15, 0.2) is 0 Å². The quantitative estimate of drug-likeness (QED) is 0.259. The van der Waals surface area contributed by atoms with Gasteiger partial charge in [0.2, 0.25) is 0 Å². The van der Waals surface area contributed by atoms with Crippen LogP contribution in [0.15, 0.2) is 134 Å². The van der Waals surface area contributed by atoms with Crippen LogP contribution in [0.3, 0.4) is 0 Å². The standard InChI is InChI=1S/C33H23N3S/c1-3-7-25(8-4-1)36(26-9-5-2-6-10-26)27-12-14-29-28-13-11-24(21-30(28)35-31(29)22-27)33-16-15-32(37-33)23-17-19-34-20-18-23/h1-22,35H. The van der Waals surface area contributed by atoms with Crippen LogP contribution in [0, 0.1) is 0 Å². The topological polar surface area (TPSA) is 31.9 Å². The number of pyridine rings is 1. The molecule has 1 N–H and O–H groups in total. The van der Waals surface area contributed by atoms with Crippen LogP contribution in [0.4, 0.5) is 17.1 Å². The molecule has 0 unspecified atom stereocenters. The Kier molecular flexibility index (Phi) is 5.30. The number of hydrogen-bond donors (Lipinski definition) is 1. The van der Waals surface area contributed by atoms with Crippen molar-refractivity contribution in [3.8, 4) is 20.9 Å². The zero-order valence-corrected chi connectivity index (χ0v) is 20.8. The fraction of sp³-hybridized carbons (Fsp3) is 0. The lowest BCUT2D eigenvalue weighted by Crippen LogP contribution is -2.09. The number of hydrogen-bond acceptors (Lipinski definition) is 3. The molecular weight excluding hydrogens is 470 g/mol. The zero-order chi connectivity index (χ0) is 24.6. The van der Waals surface area contributed by atoms with E-state index in [0.29, 0.717) is 0 Å². The van der Waals surface area contributed by atoms with Crippen molar-refractivity contribution in [3.05, 3.63) is 134 Å². The predicted octanol–water partition coefficient (Wildman–Crippen LogP) is 9.58. The van der Waals surface area contributed by atoms with Crippen LogP contribution >= 0.6 is 11.3 Å². The number of nitrogens with one attached hydrogen (secondary N) is 1. The summed E-state index contributed by atoms with van der Waals surface area (Å²) >= 11 is 1.81. The monoisotopic (exact) mass is 493 g/mol. The molecule has 0 saturated heterocycles. The first-order chi connectivity index (χ1) is 18.3. The summed E-state index contributed by atoms with van der Waals surface area (Å²) in [7, 11) is 0. The van der Waals surface area contributed by atoms with E-state index in [0.717, 1.165) is 28.1 Å². The third-order valence-electron chi connectivity index (χ3n) is 6.72. The zero-order valence-electron chi connectivity index (χ0n) is 20.0. The van der Waals surface area contributed by atoms with E-state index in [-0.39, 0.29) is 0 Å². The van der Waals surface area contributed by atoms with Crippen LogP contribution in [0.2, 0.25) is 0 Å². The third-order valence-corrected chi connectivity index (χ3v) is 7.91. The molecular formula is C33H23N3S. The number of aromatic amines is 1. The van der Waals surface area contributed by atoms with Gasteiger partial charge in [-0.3, -0.25) is 4.98 Å². The molecule has 3 heterocycles. The van der Waals surface area contributed by atoms with Gasteiger partial charge in [-0.2, -0.15) is 0 Å². The number of benzene rings is 4. The number of para-hydroxylation sites is 2. The molecule has 37 heavy (non-hydrogen) atoms. The maximum absolute atomic E-state index is 4.14. The molecule has 0 atom stereocenters. The number of anilines is 3. The first kappa shape index (κ1) is 21.6. The lowest BCUT2D eigenvalue weighted by molar-refractivity contribution is 1.29. The Hall–Kier alpha value is -4.67.